The molecule has 0 aromatic heterocycles. The number of benzene rings is 1. The molecule has 6 heteroatoms. The van der Waals surface area contributed by atoms with Gasteiger partial charge in [-0.1, -0.05) is 0 Å². The van der Waals surface area contributed by atoms with Crippen molar-refractivity contribution < 1.29 is 9.53 Å². The van der Waals surface area contributed by atoms with Gasteiger partial charge < -0.3 is 19.9 Å². The molecule has 1 N–H and O–H groups in total. The second-order valence-electron chi connectivity index (χ2n) is 6.42. The Morgan fingerprint density at radius 3 is 2.44 bits per heavy atom. The van der Waals surface area contributed by atoms with Crippen LogP contribution >= 0.6 is 0 Å². The van der Waals surface area contributed by atoms with Crippen LogP contribution < -0.4 is 10.2 Å². The molecular formula is C19H32N4O2. The van der Waals surface area contributed by atoms with E-state index >= 15 is 0 Å². The summed E-state index contributed by atoms with van der Waals surface area (Å²) in [5, 5.41) is 3.07. The largest absolute Gasteiger partial charge is 0.383 e. The molecule has 1 fully saturated rings. The number of piperazine rings is 1. The summed E-state index contributed by atoms with van der Waals surface area (Å²) in [4.78, 5) is 19.1. The van der Waals surface area contributed by atoms with Gasteiger partial charge in [-0.3, -0.25) is 4.90 Å². The second-order valence-corrected chi connectivity index (χ2v) is 6.42. The molecule has 0 aliphatic carbocycles. The number of methoxy groups -OCH3 is 1. The Bertz CT molecular complexity index is 552. The van der Waals surface area contributed by atoms with Crippen LogP contribution in [0.3, 0.4) is 0 Å². The minimum atomic E-state index is -0.00918. The Kier molecular flexibility index (Phi) is 7.52. The number of nitrogens with one attached hydrogen (secondary N) is 1. The molecule has 25 heavy (non-hydrogen) atoms. The number of hydrogen-bond acceptors (Lipinski definition) is 4. The molecule has 6 nitrogen and oxygen atoms in total. The van der Waals surface area contributed by atoms with Gasteiger partial charge in [-0.15, -0.1) is 0 Å². The molecule has 0 radical (unpaired) electrons. The lowest BCUT2D eigenvalue weighted by Gasteiger charge is -2.34. The molecule has 0 saturated carbocycles. The zero-order valence-corrected chi connectivity index (χ0v) is 16.0. The summed E-state index contributed by atoms with van der Waals surface area (Å²) in [5.74, 6) is 0. The normalized spacial score (nSPS) is 15.3. The summed E-state index contributed by atoms with van der Waals surface area (Å²) in [5.41, 5.74) is 3.19. The maximum atomic E-state index is 12.5. The number of urea groups is 1. The van der Waals surface area contributed by atoms with Crippen molar-refractivity contribution in [2.75, 3.05) is 69.7 Å². The van der Waals surface area contributed by atoms with Gasteiger partial charge in [0.2, 0.25) is 0 Å². The van der Waals surface area contributed by atoms with Gasteiger partial charge in [0.15, 0.2) is 0 Å². The minimum absolute atomic E-state index is 0.00918. The first-order valence-corrected chi connectivity index (χ1v) is 9.21. The van der Waals surface area contributed by atoms with Crippen molar-refractivity contribution in [1.82, 2.24) is 9.80 Å². The van der Waals surface area contributed by atoms with Crippen LogP contribution in [0, 0.1) is 6.92 Å². The van der Waals surface area contributed by atoms with Gasteiger partial charge in [0.1, 0.15) is 0 Å². The van der Waals surface area contributed by atoms with Crippen LogP contribution in [0.25, 0.3) is 0 Å². The standard InChI is InChI=1S/C19H32N4O2/c1-5-22(6-2)17-7-8-18(16(3)15-17)20-19(24)23-11-9-21(10-12-23)13-14-25-4/h7-8,15H,5-6,9-14H2,1-4H3,(H,20,24). The Labute approximate surface area is 151 Å². The molecule has 2 amide bonds. The number of carbonyl (C=O) groups excluding carboxylic acids is 1. The van der Waals surface area contributed by atoms with Crippen molar-refractivity contribution in [3.05, 3.63) is 23.8 Å². The fraction of sp³-hybridized carbons (Fsp3) is 0.632. The van der Waals surface area contributed by atoms with Crippen LogP contribution in [0.1, 0.15) is 19.4 Å². The lowest BCUT2D eigenvalue weighted by Crippen LogP contribution is -2.50. The van der Waals surface area contributed by atoms with E-state index in [0.29, 0.717) is 0 Å². The summed E-state index contributed by atoms with van der Waals surface area (Å²) in [6.07, 6.45) is 0. The molecule has 1 saturated heterocycles. The van der Waals surface area contributed by atoms with Gasteiger partial charge in [-0.25, -0.2) is 4.79 Å². The van der Waals surface area contributed by atoms with Crippen molar-refractivity contribution >= 4 is 17.4 Å². The smallest absolute Gasteiger partial charge is 0.321 e. The molecule has 0 spiro atoms. The lowest BCUT2D eigenvalue weighted by molar-refractivity contribution is 0.109. The van der Waals surface area contributed by atoms with Crippen molar-refractivity contribution in [2.45, 2.75) is 20.8 Å². The maximum absolute atomic E-state index is 12.5. The molecule has 0 atom stereocenters. The van der Waals surface area contributed by atoms with Crippen LogP contribution in [0.5, 0.6) is 0 Å². The number of carbonyl (C=O) groups is 1. The summed E-state index contributed by atoms with van der Waals surface area (Å²) in [7, 11) is 1.72. The van der Waals surface area contributed by atoms with Gasteiger partial charge >= 0.3 is 6.03 Å². The number of rotatable bonds is 7. The molecule has 0 unspecified atom stereocenters. The molecule has 0 bridgehead atoms. The summed E-state index contributed by atoms with van der Waals surface area (Å²) >= 11 is 0. The third-order valence-electron chi connectivity index (χ3n) is 4.85. The van der Waals surface area contributed by atoms with Crippen molar-refractivity contribution in [3.8, 4) is 0 Å². The molecule has 2 rings (SSSR count). The topological polar surface area (TPSA) is 48.1 Å². The monoisotopic (exact) mass is 348 g/mol. The molecular weight excluding hydrogens is 316 g/mol. The van der Waals surface area contributed by atoms with Crippen LogP contribution in [0.4, 0.5) is 16.2 Å². The highest BCUT2D eigenvalue weighted by molar-refractivity contribution is 5.90. The zero-order chi connectivity index (χ0) is 18.2. The molecule has 140 valence electrons. The quantitative estimate of drug-likeness (QED) is 0.823. The highest BCUT2D eigenvalue weighted by atomic mass is 16.5. The Morgan fingerprint density at radius 1 is 1.20 bits per heavy atom. The van der Waals surface area contributed by atoms with Gasteiger partial charge in [0.25, 0.3) is 0 Å². The van der Waals surface area contributed by atoms with E-state index in [0.717, 1.165) is 63.7 Å². The van der Waals surface area contributed by atoms with E-state index in [4.69, 9.17) is 4.74 Å². The summed E-state index contributed by atoms with van der Waals surface area (Å²) in [6.45, 7) is 13.3. The first kappa shape index (κ1) is 19.5. The zero-order valence-electron chi connectivity index (χ0n) is 16.0. The average Bonchev–Trinajstić information content (AvgIpc) is 2.63. The minimum Gasteiger partial charge on any atom is -0.383 e. The van der Waals surface area contributed by atoms with E-state index in [1.807, 2.05) is 17.9 Å². The highest BCUT2D eigenvalue weighted by Gasteiger charge is 2.21. The first-order valence-electron chi connectivity index (χ1n) is 9.21. The number of ether oxygens (including phenoxy) is 1. The number of amides is 2. The second kappa shape index (κ2) is 9.63. The predicted octanol–water partition coefficient (Wildman–Crippen LogP) is 2.64. The average molecular weight is 348 g/mol. The molecule has 1 heterocycles. The van der Waals surface area contributed by atoms with Gasteiger partial charge in [0.05, 0.1) is 6.61 Å². The van der Waals surface area contributed by atoms with Gasteiger partial charge in [-0.05, 0) is 44.5 Å². The maximum Gasteiger partial charge on any atom is 0.321 e. The van der Waals surface area contributed by atoms with E-state index in [2.05, 4.69) is 41.1 Å². The van der Waals surface area contributed by atoms with E-state index in [1.54, 1.807) is 7.11 Å². The Hall–Kier alpha value is -1.79. The van der Waals surface area contributed by atoms with E-state index < -0.39 is 0 Å². The van der Waals surface area contributed by atoms with Crippen molar-refractivity contribution in [2.24, 2.45) is 0 Å². The number of anilines is 2. The van der Waals surface area contributed by atoms with Crippen LogP contribution in [0.15, 0.2) is 18.2 Å². The van der Waals surface area contributed by atoms with Crippen LogP contribution in [-0.4, -0.2) is 75.4 Å². The van der Waals surface area contributed by atoms with Crippen LogP contribution in [-0.2, 0) is 4.74 Å². The number of aryl methyl sites for hydroxylation is 1. The fourth-order valence-electron chi connectivity index (χ4n) is 3.16. The lowest BCUT2D eigenvalue weighted by atomic mass is 10.1. The fourth-order valence-corrected chi connectivity index (χ4v) is 3.16. The Morgan fingerprint density at radius 2 is 1.88 bits per heavy atom. The number of nitrogens with zero attached hydrogens (tertiary/aromatic N) is 3. The third kappa shape index (κ3) is 5.34. The van der Waals surface area contributed by atoms with Crippen molar-refractivity contribution in [3.63, 3.8) is 0 Å². The molecule has 1 aromatic carbocycles. The molecule has 1 aromatic rings. The SMILES string of the molecule is CCN(CC)c1ccc(NC(=O)N2CCN(CCOC)CC2)c(C)c1. The van der Waals surface area contributed by atoms with Crippen LogP contribution in [0.2, 0.25) is 0 Å². The molecule has 1 aliphatic rings. The van der Waals surface area contributed by atoms with Gasteiger partial charge in [-0.2, -0.15) is 0 Å². The third-order valence-corrected chi connectivity index (χ3v) is 4.85. The van der Waals surface area contributed by atoms with Crippen molar-refractivity contribution in [1.29, 1.82) is 0 Å². The first-order chi connectivity index (χ1) is 12.1. The number of hydrogen-bond donors (Lipinski definition) is 1. The highest BCUT2D eigenvalue weighted by Crippen LogP contribution is 2.23. The summed E-state index contributed by atoms with van der Waals surface area (Å²) < 4.78 is 5.12. The summed E-state index contributed by atoms with van der Waals surface area (Å²) in [6, 6.07) is 6.23. The van der Waals surface area contributed by atoms with E-state index in [1.165, 1.54) is 5.69 Å². The predicted molar refractivity (Wildman–Crippen MR) is 104 cm³/mol. The van der Waals surface area contributed by atoms with Gasteiger partial charge in [0, 0.05) is 64.3 Å². The molecule has 1 aliphatic heterocycles. The van der Waals surface area contributed by atoms with E-state index in [-0.39, 0.29) is 6.03 Å². The van der Waals surface area contributed by atoms with E-state index in [9.17, 15) is 4.79 Å². The Balaban J connectivity index is 1.90.